The van der Waals surface area contributed by atoms with Crippen molar-refractivity contribution in [2.24, 2.45) is 0 Å². The number of fused-ring (bicyclic) bond motifs is 3. The van der Waals surface area contributed by atoms with E-state index in [4.69, 9.17) is 4.98 Å². The summed E-state index contributed by atoms with van der Waals surface area (Å²) in [4.78, 5) is 6.90. The van der Waals surface area contributed by atoms with Crippen LogP contribution in [0.5, 0.6) is 0 Å². The summed E-state index contributed by atoms with van der Waals surface area (Å²) in [5, 5.41) is 9.92. The molecule has 0 N–H and O–H groups in total. The van der Waals surface area contributed by atoms with Gasteiger partial charge >= 0.3 is 0 Å². The van der Waals surface area contributed by atoms with Crippen LogP contribution < -0.4 is 4.90 Å². The molecule has 5 aromatic rings. The molecule has 0 saturated heterocycles. The van der Waals surface area contributed by atoms with Crippen LogP contribution >= 0.6 is 11.3 Å². The predicted octanol–water partition coefficient (Wildman–Crippen LogP) is 3.81. The summed E-state index contributed by atoms with van der Waals surface area (Å²) < 4.78 is 28.8. The molecular weight excluding hydrogens is 418 g/mol. The van der Waals surface area contributed by atoms with Crippen LogP contribution in [0.15, 0.2) is 82.0 Å². The molecule has 0 fully saturated rings. The summed E-state index contributed by atoms with van der Waals surface area (Å²) in [6.07, 6.45) is 0. The second-order valence-corrected chi connectivity index (χ2v) is 9.64. The van der Waals surface area contributed by atoms with E-state index < -0.39 is 9.84 Å². The molecule has 2 aromatic carbocycles. The zero-order valence-electron chi connectivity index (χ0n) is 16.0. The molecule has 7 nitrogen and oxygen atoms in total. The Morgan fingerprint density at radius 2 is 1.70 bits per heavy atom. The van der Waals surface area contributed by atoms with E-state index >= 15 is 0 Å². The molecule has 0 amide bonds. The predicted molar refractivity (Wildman–Crippen MR) is 117 cm³/mol. The molecule has 0 saturated carbocycles. The largest absolute Gasteiger partial charge is 0.354 e. The van der Waals surface area contributed by atoms with Gasteiger partial charge in [0.05, 0.1) is 15.1 Å². The van der Waals surface area contributed by atoms with Gasteiger partial charge in [-0.15, -0.1) is 16.4 Å². The van der Waals surface area contributed by atoms with Gasteiger partial charge in [0.25, 0.3) is 0 Å². The van der Waals surface area contributed by atoms with E-state index in [1.807, 2.05) is 53.7 Å². The Hall–Kier alpha value is -3.30. The molecule has 0 aliphatic rings. The maximum atomic E-state index is 13.2. The van der Waals surface area contributed by atoms with Crippen molar-refractivity contribution in [3.05, 3.63) is 77.7 Å². The highest BCUT2D eigenvalue weighted by atomic mass is 32.2. The first kappa shape index (κ1) is 18.7. The monoisotopic (exact) mass is 435 g/mol. The van der Waals surface area contributed by atoms with Crippen LogP contribution in [0.1, 0.15) is 5.56 Å². The third kappa shape index (κ3) is 3.03. The number of rotatable bonds is 5. The molecule has 0 spiro atoms. The summed E-state index contributed by atoms with van der Waals surface area (Å²) in [5.41, 5.74) is 2.14. The fourth-order valence-corrected chi connectivity index (χ4v) is 5.55. The number of aromatic nitrogens is 4. The minimum Gasteiger partial charge on any atom is -0.354 e. The second kappa shape index (κ2) is 7.19. The van der Waals surface area contributed by atoms with Crippen molar-refractivity contribution in [1.29, 1.82) is 0 Å². The van der Waals surface area contributed by atoms with Crippen molar-refractivity contribution < 1.29 is 8.42 Å². The number of thiophene rings is 1. The van der Waals surface area contributed by atoms with Gasteiger partial charge in [-0.25, -0.2) is 13.4 Å². The van der Waals surface area contributed by atoms with Gasteiger partial charge < -0.3 is 4.90 Å². The summed E-state index contributed by atoms with van der Waals surface area (Å²) in [6.45, 7) is 0.638. The van der Waals surface area contributed by atoms with Crippen molar-refractivity contribution in [3.63, 3.8) is 0 Å². The Balaban J connectivity index is 1.69. The lowest BCUT2D eigenvalue weighted by molar-refractivity contribution is 0.592. The van der Waals surface area contributed by atoms with Crippen LogP contribution in [-0.4, -0.2) is 35.3 Å². The number of benzene rings is 2. The van der Waals surface area contributed by atoms with E-state index in [-0.39, 0.29) is 15.6 Å². The summed E-state index contributed by atoms with van der Waals surface area (Å²) in [5.74, 6) is 0.697. The summed E-state index contributed by atoms with van der Waals surface area (Å²) in [7, 11) is -1.90. The van der Waals surface area contributed by atoms with Crippen molar-refractivity contribution in [2.45, 2.75) is 16.5 Å². The fourth-order valence-electron chi connectivity index (χ4n) is 3.38. The third-order valence-corrected chi connectivity index (χ3v) is 7.40. The average molecular weight is 436 g/mol. The van der Waals surface area contributed by atoms with E-state index in [1.165, 1.54) is 15.9 Å². The lowest BCUT2D eigenvalue weighted by Gasteiger charge is -2.19. The molecule has 5 rings (SSSR count). The summed E-state index contributed by atoms with van der Waals surface area (Å²) in [6, 6.07) is 20.2. The van der Waals surface area contributed by atoms with Crippen LogP contribution in [0.25, 0.3) is 15.9 Å². The van der Waals surface area contributed by atoms with Gasteiger partial charge in [0.1, 0.15) is 0 Å². The van der Waals surface area contributed by atoms with E-state index in [2.05, 4.69) is 10.3 Å². The van der Waals surface area contributed by atoms with E-state index in [0.29, 0.717) is 12.4 Å². The van der Waals surface area contributed by atoms with Crippen molar-refractivity contribution >= 4 is 42.9 Å². The highest BCUT2D eigenvalue weighted by molar-refractivity contribution is 7.91. The van der Waals surface area contributed by atoms with Gasteiger partial charge in [0.15, 0.2) is 11.5 Å². The number of sulfone groups is 1. The highest BCUT2D eigenvalue weighted by Crippen LogP contribution is 2.33. The normalized spacial score (nSPS) is 11.9. The van der Waals surface area contributed by atoms with Crippen LogP contribution in [0.4, 0.5) is 5.82 Å². The number of hydrogen-bond acceptors (Lipinski definition) is 7. The Morgan fingerprint density at radius 1 is 1.00 bits per heavy atom. The van der Waals surface area contributed by atoms with Gasteiger partial charge in [-0.05, 0) is 29.1 Å². The fraction of sp³-hybridized carbons (Fsp3) is 0.0952. The second-order valence-electron chi connectivity index (χ2n) is 6.86. The molecule has 30 heavy (non-hydrogen) atoms. The Kier molecular flexibility index (Phi) is 4.48. The van der Waals surface area contributed by atoms with Crippen LogP contribution in [0.2, 0.25) is 0 Å². The first-order valence-electron chi connectivity index (χ1n) is 9.23. The molecule has 0 atom stereocenters. The molecule has 3 aromatic heterocycles. The van der Waals surface area contributed by atoms with Crippen LogP contribution in [-0.2, 0) is 16.4 Å². The van der Waals surface area contributed by atoms with E-state index in [9.17, 15) is 8.42 Å². The Bertz CT molecular complexity index is 1440. The molecule has 9 heteroatoms. The average Bonchev–Trinajstić information content (AvgIpc) is 3.41. The smallest absolute Gasteiger partial charge is 0.229 e. The summed E-state index contributed by atoms with van der Waals surface area (Å²) >= 11 is 1.54. The first-order chi connectivity index (χ1) is 14.6. The van der Waals surface area contributed by atoms with Crippen molar-refractivity contribution in [3.8, 4) is 0 Å². The van der Waals surface area contributed by atoms with Gasteiger partial charge in [0.2, 0.25) is 14.9 Å². The zero-order chi connectivity index (χ0) is 20.7. The van der Waals surface area contributed by atoms with Gasteiger partial charge in [-0.2, -0.15) is 4.52 Å². The van der Waals surface area contributed by atoms with E-state index in [0.717, 1.165) is 15.8 Å². The number of hydrogen-bond donors (Lipinski definition) is 0. The lowest BCUT2D eigenvalue weighted by Crippen LogP contribution is -2.18. The number of anilines is 1. The Morgan fingerprint density at radius 3 is 2.43 bits per heavy atom. The number of nitrogens with zero attached hydrogens (tertiary/aromatic N) is 5. The molecule has 3 heterocycles. The molecule has 0 aliphatic carbocycles. The van der Waals surface area contributed by atoms with Gasteiger partial charge in [-0.1, -0.05) is 53.7 Å². The van der Waals surface area contributed by atoms with Gasteiger partial charge in [-0.3, -0.25) is 0 Å². The SMILES string of the molecule is CN(Cc1ccccc1)c1nc2c(S(=O)(=O)c3ccccc3)nnn2c2ccsc12. The standard InChI is InChI=1S/C21H17N5O2S2/c1-25(14-15-8-4-2-5-9-15)19-18-17(12-13-29-18)26-20(22-19)21(23-24-26)30(27,28)16-10-6-3-7-11-16/h2-13H,14H2,1H3. The molecular formula is C21H17N5O2S2. The minimum atomic E-state index is -3.85. The lowest BCUT2D eigenvalue weighted by atomic mass is 10.2. The van der Waals surface area contributed by atoms with E-state index in [1.54, 1.807) is 30.3 Å². The highest BCUT2D eigenvalue weighted by Gasteiger charge is 2.27. The Labute approximate surface area is 177 Å². The topological polar surface area (TPSA) is 80.5 Å². The maximum Gasteiger partial charge on any atom is 0.229 e. The molecule has 0 unspecified atom stereocenters. The van der Waals surface area contributed by atoms with Crippen molar-refractivity contribution in [1.82, 2.24) is 19.8 Å². The molecule has 150 valence electrons. The first-order valence-corrected chi connectivity index (χ1v) is 11.6. The molecule has 0 bridgehead atoms. The molecule has 0 aliphatic heterocycles. The van der Waals surface area contributed by atoms with Gasteiger partial charge in [0, 0.05) is 13.6 Å². The zero-order valence-corrected chi connectivity index (χ0v) is 17.6. The van der Waals surface area contributed by atoms with Crippen molar-refractivity contribution in [2.75, 3.05) is 11.9 Å². The quantitative estimate of drug-likeness (QED) is 0.418. The van der Waals surface area contributed by atoms with Crippen LogP contribution in [0, 0.1) is 0 Å². The molecule has 0 radical (unpaired) electrons. The minimum absolute atomic E-state index is 0.142. The maximum absolute atomic E-state index is 13.2. The van der Waals surface area contributed by atoms with Crippen LogP contribution in [0.3, 0.4) is 0 Å². The third-order valence-electron chi connectivity index (χ3n) is 4.84.